The first kappa shape index (κ1) is 66.7. The van der Waals surface area contributed by atoms with Crippen molar-refractivity contribution in [2.75, 3.05) is 116 Å². The summed E-state index contributed by atoms with van der Waals surface area (Å²) in [6, 6.07) is 23.6. The quantitative estimate of drug-likeness (QED) is 0.105. The summed E-state index contributed by atoms with van der Waals surface area (Å²) in [6.07, 6.45) is 8.70. The average molecular weight is 1300 g/mol. The molecule has 6 saturated heterocycles. The van der Waals surface area contributed by atoms with Gasteiger partial charge in [-0.25, -0.2) is 18.6 Å². The molecule has 12 rings (SSSR count). The number of benzene rings is 3. The number of hydrogen-bond acceptors (Lipinski definition) is 13. The number of rotatable bonds is 15. The molecule has 6 fully saturated rings. The third kappa shape index (κ3) is 15.6. The molecular formula is C70H92F2N12O6S2. The second-order valence-corrected chi connectivity index (χ2v) is 31.0. The van der Waals surface area contributed by atoms with E-state index in [9.17, 15) is 37.5 Å². The van der Waals surface area contributed by atoms with Crippen LogP contribution in [0.3, 0.4) is 0 Å². The number of carbonyl (C=O) groups excluding carboxylic acids is 5. The molecule has 4 unspecified atom stereocenters. The maximum Gasteiger partial charge on any atom is 0.327 e. The van der Waals surface area contributed by atoms with Gasteiger partial charge >= 0.3 is 5.69 Å². The highest BCUT2D eigenvalue weighted by Gasteiger charge is 2.46. The monoisotopic (exact) mass is 1300 g/mol. The second-order valence-electron chi connectivity index (χ2n) is 28.4. The molecule has 7 aliphatic heterocycles. The van der Waals surface area contributed by atoms with Crippen molar-refractivity contribution in [2.45, 2.75) is 133 Å². The van der Waals surface area contributed by atoms with Crippen molar-refractivity contribution in [1.29, 1.82) is 0 Å². The molecule has 0 spiro atoms. The average Bonchev–Trinajstić information content (AvgIpc) is 1.66. The Kier molecular flexibility index (Phi) is 20.6. The Bertz CT molecular complexity index is 3560. The molecule has 2 aromatic heterocycles. The summed E-state index contributed by atoms with van der Waals surface area (Å²) in [5, 5.41) is -1.57. The largest absolute Gasteiger partial charge is 0.369 e. The van der Waals surface area contributed by atoms with Gasteiger partial charge in [0.25, 0.3) is 0 Å². The summed E-state index contributed by atoms with van der Waals surface area (Å²) in [7, 11) is 4.19. The number of likely N-dealkylation sites (tertiary alicyclic amines) is 2. The highest BCUT2D eigenvalue weighted by Crippen LogP contribution is 2.50. The van der Waals surface area contributed by atoms with Gasteiger partial charge in [0, 0.05) is 151 Å². The van der Waals surface area contributed by atoms with Crippen LogP contribution in [0.25, 0.3) is 16.7 Å². The van der Waals surface area contributed by atoms with Crippen LogP contribution in [0.2, 0.25) is 0 Å². The predicted molar refractivity (Wildman–Crippen MR) is 362 cm³/mol. The molecule has 5 amide bonds. The Balaban J connectivity index is 0.000000189. The van der Waals surface area contributed by atoms with E-state index in [0.717, 1.165) is 104 Å². The number of H-pyrrole nitrogens is 1. The highest BCUT2D eigenvalue weighted by molar-refractivity contribution is 8.01. The number of halogens is 2. The van der Waals surface area contributed by atoms with Crippen LogP contribution < -0.4 is 15.5 Å². The zero-order chi connectivity index (χ0) is 65.2. The van der Waals surface area contributed by atoms with Gasteiger partial charge in [-0.05, 0) is 111 Å². The van der Waals surface area contributed by atoms with Crippen molar-refractivity contribution in [3.05, 3.63) is 130 Å². The van der Waals surface area contributed by atoms with Crippen LogP contribution in [-0.2, 0) is 24.0 Å². The third-order valence-electron chi connectivity index (χ3n) is 19.4. The van der Waals surface area contributed by atoms with Crippen LogP contribution in [0, 0.1) is 22.5 Å². The van der Waals surface area contributed by atoms with Crippen LogP contribution in [-0.4, -0.2) is 201 Å². The van der Waals surface area contributed by atoms with Crippen LogP contribution >= 0.6 is 23.5 Å². The van der Waals surface area contributed by atoms with Crippen LogP contribution in [0.4, 0.5) is 20.2 Å². The summed E-state index contributed by atoms with van der Waals surface area (Å²) in [4.78, 5) is 106. The molecule has 0 saturated carbocycles. The number of aromatic amines is 1. The van der Waals surface area contributed by atoms with Crippen molar-refractivity contribution < 1.29 is 32.8 Å². The molecule has 4 atom stereocenters. The van der Waals surface area contributed by atoms with E-state index in [4.69, 9.17) is 0 Å². The number of imidazole rings is 1. The summed E-state index contributed by atoms with van der Waals surface area (Å²) < 4.78 is 31.0. The van der Waals surface area contributed by atoms with E-state index in [1.165, 1.54) is 35.7 Å². The molecule has 1 N–H and O–H groups in total. The van der Waals surface area contributed by atoms with Crippen LogP contribution in [0.1, 0.15) is 133 Å². The number of fused-ring (bicyclic) bond motifs is 1. The molecule has 5 aromatic rings. The summed E-state index contributed by atoms with van der Waals surface area (Å²) in [6.45, 7) is 23.1. The fraction of sp³-hybridized carbons (Fsp3) is 0.557. The van der Waals surface area contributed by atoms with Crippen molar-refractivity contribution in [1.82, 2.24) is 48.8 Å². The molecule has 7 aliphatic rings. The number of aromatic nitrogens is 3. The lowest BCUT2D eigenvalue weighted by Gasteiger charge is -2.37. The van der Waals surface area contributed by atoms with E-state index < -0.39 is 10.5 Å². The highest BCUT2D eigenvalue weighted by atomic mass is 32.2. The number of piperidine rings is 2. The first-order valence-corrected chi connectivity index (χ1v) is 34.9. The van der Waals surface area contributed by atoms with E-state index in [-0.39, 0.29) is 93.4 Å². The number of pyridine rings is 1. The minimum absolute atomic E-state index is 0.0117. The van der Waals surface area contributed by atoms with E-state index in [2.05, 4.69) is 85.2 Å². The zero-order valence-corrected chi connectivity index (χ0v) is 56.5. The van der Waals surface area contributed by atoms with Crippen LogP contribution in [0.15, 0.2) is 96.1 Å². The molecule has 92 heavy (non-hydrogen) atoms. The SMILES string of the molecule is CN1CCN(c2cc(F)ccc2C2SC(CC(=O)N3CCC(N4C=C(c5ccccc5)CC4=O)CC3)C(=O)N2CCC(C)(C)C)CC1.CN1CCN(c2cc(F)ccc2C2SC(CC(=O)N3CCC(n4c(=O)[nH]c5ncccc54)CC3)C(=O)N2CCC(C)(C)C)CC1. The predicted octanol–water partition coefficient (Wildman–Crippen LogP) is 9.86. The lowest BCUT2D eigenvalue weighted by molar-refractivity contribution is -0.137. The molecule has 9 heterocycles. The van der Waals surface area contributed by atoms with Crippen molar-refractivity contribution in [2.24, 2.45) is 10.8 Å². The van der Waals surface area contributed by atoms with Crippen molar-refractivity contribution in [3.63, 3.8) is 0 Å². The normalized spacial score (nSPS) is 22.7. The lowest BCUT2D eigenvalue weighted by Crippen LogP contribution is -2.46. The molecule has 0 aliphatic carbocycles. The number of anilines is 2. The maximum atomic E-state index is 14.6. The number of carbonyl (C=O) groups is 5. The lowest BCUT2D eigenvalue weighted by atomic mass is 9.92. The first-order valence-electron chi connectivity index (χ1n) is 33.0. The van der Waals surface area contributed by atoms with E-state index in [1.807, 2.05) is 85.3 Å². The summed E-state index contributed by atoms with van der Waals surface area (Å²) in [5.41, 5.74) is 6.89. The van der Waals surface area contributed by atoms with Gasteiger partial charge in [-0.15, -0.1) is 23.5 Å². The number of piperazine rings is 2. The van der Waals surface area contributed by atoms with Gasteiger partial charge in [-0.1, -0.05) is 84.0 Å². The van der Waals surface area contributed by atoms with Gasteiger partial charge in [0.15, 0.2) is 5.65 Å². The smallest absolute Gasteiger partial charge is 0.327 e. The molecule has 0 radical (unpaired) electrons. The zero-order valence-electron chi connectivity index (χ0n) is 54.8. The molecule has 494 valence electrons. The van der Waals surface area contributed by atoms with Gasteiger partial charge in [0.1, 0.15) is 22.4 Å². The minimum atomic E-state index is -0.507. The Hall–Kier alpha value is -6.75. The number of thioether (sulfide) groups is 2. The standard InChI is InChI=1S/C37H48FN5O3S.C33H44FN7O3S/c1-37(2,3)14-17-42-35(46)32(47-36(42)30-11-10-28(38)23-31(30)40-20-18-39(4)19-21-40)24-33(44)41-15-12-29(13-16-41)43-25-27(22-34(43)45)26-8-6-5-7-9-26;1-33(2,3)11-15-40-30(43)27(45-31(40)24-8-7-22(34)20-26(24)38-18-16-37(4)17-19-38)21-28(42)39-13-9-23(10-14-39)41-25-6-5-12-35-29(25)36-32(41)44/h5-11,23,25,29,32,36H,12-22,24H2,1-4H3;5-8,12,20,23,27,31H,9-11,13-19,21H2,1-4H3,(H,35,36,44). The van der Waals surface area contributed by atoms with Crippen LogP contribution in [0.5, 0.6) is 0 Å². The number of hydrogen-bond donors (Lipinski definition) is 1. The maximum absolute atomic E-state index is 14.6. The van der Waals surface area contributed by atoms with Crippen molar-refractivity contribution >= 4 is 81.2 Å². The minimum Gasteiger partial charge on any atom is -0.369 e. The van der Waals surface area contributed by atoms with Gasteiger partial charge < -0.3 is 44.1 Å². The Morgan fingerprint density at radius 2 is 1.05 bits per heavy atom. The number of amides is 5. The third-order valence-corrected chi connectivity index (χ3v) is 22.3. The Labute approximate surface area is 549 Å². The number of nitrogens with one attached hydrogen (secondary N) is 1. The molecule has 3 aromatic carbocycles. The topological polar surface area (TPSA) is 165 Å². The first-order chi connectivity index (χ1) is 43.9. The molecule has 18 nitrogen and oxygen atoms in total. The van der Waals surface area contributed by atoms with Gasteiger partial charge in [0.2, 0.25) is 29.5 Å². The Morgan fingerprint density at radius 3 is 1.52 bits per heavy atom. The van der Waals surface area contributed by atoms with E-state index in [0.29, 0.717) is 77.0 Å². The number of nitrogens with zero attached hydrogens (tertiary/aromatic N) is 11. The fourth-order valence-corrected chi connectivity index (χ4v) is 16.7. The van der Waals surface area contributed by atoms with E-state index in [1.54, 1.807) is 22.9 Å². The van der Waals surface area contributed by atoms with Crippen molar-refractivity contribution in [3.8, 4) is 0 Å². The summed E-state index contributed by atoms with van der Waals surface area (Å²) in [5.74, 6) is -0.550. The Morgan fingerprint density at radius 1 is 0.587 bits per heavy atom. The number of likely N-dealkylation sites (N-methyl/N-ethyl adjacent to an activating group) is 2. The molecule has 0 bridgehead atoms. The molecular weight excluding hydrogens is 1210 g/mol. The van der Waals surface area contributed by atoms with Gasteiger partial charge in [0.05, 0.1) is 22.4 Å². The van der Waals surface area contributed by atoms with Gasteiger partial charge in [-0.3, -0.25) is 33.5 Å². The molecule has 22 heteroatoms. The van der Waals surface area contributed by atoms with E-state index >= 15 is 0 Å². The summed E-state index contributed by atoms with van der Waals surface area (Å²) >= 11 is 3.06. The fourth-order valence-electron chi connectivity index (χ4n) is 13.7. The second kappa shape index (κ2) is 28.5. The van der Waals surface area contributed by atoms with Gasteiger partial charge in [-0.2, -0.15) is 0 Å².